The van der Waals surface area contributed by atoms with Crippen LogP contribution in [0.3, 0.4) is 0 Å². The van der Waals surface area contributed by atoms with Gasteiger partial charge in [-0.05, 0) is 5.56 Å². The lowest BCUT2D eigenvalue weighted by Gasteiger charge is -2.18. The van der Waals surface area contributed by atoms with Gasteiger partial charge >= 0.3 is 0 Å². The highest BCUT2D eigenvalue weighted by atomic mass is 16.6. The van der Waals surface area contributed by atoms with Crippen LogP contribution in [0.25, 0.3) is 0 Å². The summed E-state index contributed by atoms with van der Waals surface area (Å²) in [5, 5.41) is 15.0. The monoisotopic (exact) mass is 300 g/mol. The average Bonchev–Trinajstić information content (AvgIpc) is 2.56. The van der Waals surface area contributed by atoms with Crippen LogP contribution in [0.15, 0.2) is 59.8 Å². The highest BCUT2D eigenvalue weighted by molar-refractivity contribution is 6.04. The van der Waals surface area contributed by atoms with Crippen molar-refractivity contribution in [3.8, 4) is 0 Å². The molecule has 6 nitrogen and oxygen atoms in total. The Morgan fingerprint density at radius 1 is 1.14 bits per heavy atom. The molecule has 1 unspecified atom stereocenters. The molecule has 0 spiro atoms. The van der Waals surface area contributed by atoms with Crippen LogP contribution in [-0.4, -0.2) is 24.9 Å². The highest BCUT2D eigenvalue weighted by Crippen LogP contribution is 2.26. The lowest BCUT2D eigenvalue weighted by atomic mass is 9.98. The molecule has 0 saturated carbocycles. The fourth-order valence-electron chi connectivity index (χ4n) is 2.17. The summed E-state index contributed by atoms with van der Waals surface area (Å²) in [6.45, 7) is 0. The normalized spacial score (nSPS) is 12.7. The van der Waals surface area contributed by atoms with Crippen molar-refractivity contribution < 1.29 is 14.5 Å². The smallest absolute Gasteiger partial charge is 0.269 e. The number of ether oxygens (including phenoxy) is 1. The number of rotatable bonds is 6. The van der Waals surface area contributed by atoms with E-state index in [0.717, 1.165) is 5.56 Å². The largest absolute Gasteiger partial charge is 0.399 e. The first-order valence-electron chi connectivity index (χ1n) is 6.61. The van der Waals surface area contributed by atoms with E-state index in [1.165, 1.54) is 26.4 Å². The molecule has 0 aliphatic carbocycles. The molecule has 114 valence electrons. The second kappa shape index (κ2) is 7.33. The van der Waals surface area contributed by atoms with Crippen molar-refractivity contribution in [2.24, 2.45) is 5.16 Å². The number of nitro groups is 1. The van der Waals surface area contributed by atoms with Gasteiger partial charge < -0.3 is 9.57 Å². The van der Waals surface area contributed by atoms with Gasteiger partial charge in [-0.25, -0.2) is 0 Å². The summed E-state index contributed by atoms with van der Waals surface area (Å²) in [4.78, 5) is 15.4. The minimum absolute atomic E-state index is 0.00405. The third-order valence-corrected chi connectivity index (χ3v) is 3.13. The zero-order chi connectivity index (χ0) is 15.9. The van der Waals surface area contributed by atoms with Crippen LogP contribution in [0.2, 0.25) is 0 Å². The topological polar surface area (TPSA) is 74.0 Å². The van der Waals surface area contributed by atoms with Gasteiger partial charge in [0.1, 0.15) is 18.9 Å². The standard InChI is InChI=1S/C16H16N2O4/c1-21-16(13-9-6-10-14(11-13)18(19)20)15(17-22-2)12-7-4-3-5-8-12/h3-11,16H,1-2H3/b17-15+. The molecule has 0 aliphatic heterocycles. The fraction of sp³-hybridized carbons (Fsp3) is 0.188. The third kappa shape index (κ3) is 3.48. The maximum absolute atomic E-state index is 10.9. The Morgan fingerprint density at radius 3 is 2.45 bits per heavy atom. The Morgan fingerprint density at radius 2 is 1.86 bits per heavy atom. The summed E-state index contributed by atoms with van der Waals surface area (Å²) < 4.78 is 5.51. The number of nitro benzene ring substituents is 1. The zero-order valence-electron chi connectivity index (χ0n) is 12.3. The number of non-ortho nitro benzene ring substituents is 1. The Bertz CT molecular complexity index is 671. The lowest BCUT2D eigenvalue weighted by Crippen LogP contribution is -2.16. The molecule has 0 amide bonds. The summed E-state index contributed by atoms with van der Waals surface area (Å²) in [7, 11) is 2.97. The van der Waals surface area contributed by atoms with Crippen LogP contribution in [0, 0.1) is 10.1 Å². The van der Waals surface area contributed by atoms with Crippen LogP contribution >= 0.6 is 0 Å². The molecule has 2 aromatic carbocycles. The molecule has 0 bridgehead atoms. The molecule has 0 heterocycles. The van der Waals surface area contributed by atoms with E-state index in [9.17, 15) is 10.1 Å². The molecule has 2 aromatic rings. The number of oxime groups is 1. The van der Waals surface area contributed by atoms with Crippen molar-refractivity contribution in [2.75, 3.05) is 14.2 Å². The van der Waals surface area contributed by atoms with Crippen LogP contribution < -0.4 is 0 Å². The number of benzene rings is 2. The first kappa shape index (κ1) is 15.7. The second-order valence-electron chi connectivity index (χ2n) is 4.49. The predicted octanol–water partition coefficient (Wildman–Crippen LogP) is 3.33. The first-order valence-corrected chi connectivity index (χ1v) is 6.61. The Labute approximate surface area is 128 Å². The summed E-state index contributed by atoms with van der Waals surface area (Å²) >= 11 is 0. The molecule has 0 aromatic heterocycles. The lowest BCUT2D eigenvalue weighted by molar-refractivity contribution is -0.385. The third-order valence-electron chi connectivity index (χ3n) is 3.13. The highest BCUT2D eigenvalue weighted by Gasteiger charge is 2.22. The number of hydrogen-bond donors (Lipinski definition) is 0. The van der Waals surface area contributed by atoms with Gasteiger partial charge in [0, 0.05) is 24.8 Å². The molecular formula is C16H16N2O4. The molecule has 0 fully saturated rings. The van der Waals surface area contributed by atoms with Gasteiger partial charge in [-0.15, -0.1) is 0 Å². The molecule has 0 N–H and O–H groups in total. The minimum Gasteiger partial charge on any atom is -0.399 e. The van der Waals surface area contributed by atoms with Crippen molar-refractivity contribution in [2.45, 2.75) is 6.10 Å². The van der Waals surface area contributed by atoms with Gasteiger partial charge in [0.2, 0.25) is 0 Å². The van der Waals surface area contributed by atoms with E-state index < -0.39 is 11.0 Å². The Kier molecular flexibility index (Phi) is 5.21. The van der Waals surface area contributed by atoms with E-state index in [2.05, 4.69) is 5.16 Å². The SMILES string of the molecule is CO/N=C(\c1ccccc1)C(OC)c1cccc([N+](=O)[O-])c1. The van der Waals surface area contributed by atoms with Gasteiger partial charge in [-0.1, -0.05) is 47.6 Å². The van der Waals surface area contributed by atoms with Crippen molar-refractivity contribution in [1.29, 1.82) is 0 Å². The van der Waals surface area contributed by atoms with Gasteiger partial charge in [0.05, 0.1) is 4.92 Å². The summed E-state index contributed by atoms with van der Waals surface area (Å²) in [6.07, 6.45) is -0.567. The molecule has 6 heteroatoms. The summed E-state index contributed by atoms with van der Waals surface area (Å²) in [6, 6.07) is 15.7. The Balaban J connectivity index is 2.46. The van der Waals surface area contributed by atoms with Crippen LogP contribution in [0.5, 0.6) is 0 Å². The number of methoxy groups -OCH3 is 1. The van der Waals surface area contributed by atoms with Gasteiger partial charge in [0.25, 0.3) is 5.69 Å². The number of nitrogens with zero attached hydrogens (tertiary/aromatic N) is 2. The first-order chi connectivity index (χ1) is 10.7. The summed E-state index contributed by atoms with van der Waals surface area (Å²) in [5.74, 6) is 0. The molecule has 0 aliphatic rings. The minimum atomic E-state index is -0.567. The van der Waals surface area contributed by atoms with Crippen molar-refractivity contribution in [1.82, 2.24) is 0 Å². The van der Waals surface area contributed by atoms with Gasteiger partial charge in [-0.2, -0.15) is 0 Å². The Hall–Kier alpha value is -2.73. The van der Waals surface area contributed by atoms with Crippen molar-refractivity contribution >= 4 is 11.4 Å². The zero-order valence-corrected chi connectivity index (χ0v) is 12.3. The number of hydrogen-bond acceptors (Lipinski definition) is 5. The fourth-order valence-corrected chi connectivity index (χ4v) is 2.17. The molecule has 1 atom stereocenters. The van der Waals surface area contributed by atoms with E-state index in [1.807, 2.05) is 30.3 Å². The van der Waals surface area contributed by atoms with E-state index in [1.54, 1.807) is 12.1 Å². The second-order valence-corrected chi connectivity index (χ2v) is 4.49. The predicted molar refractivity (Wildman–Crippen MR) is 82.8 cm³/mol. The van der Waals surface area contributed by atoms with Gasteiger partial charge in [-0.3, -0.25) is 10.1 Å². The van der Waals surface area contributed by atoms with Crippen molar-refractivity contribution in [3.63, 3.8) is 0 Å². The van der Waals surface area contributed by atoms with E-state index in [4.69, 9.17) is 9.57 Å². The summed E-state index contributed by atoms with van der Waals surface area (Å²) in [5.41, 5.74) is 2.01. The van der Waals surface area contributed by atoms with E-state index in [0.29, 0.717) is 11.3 Å². The maximum Gasteiger partial charge on any atom is 0.269 e. The average molecular weight is 300 g/mol. The van der Waals surface area contributed by atoms with Crippen LogP contribution in [0.4, 0.5) is 5.69 Å². The van der Waals surface area contributed by atoms with Crippen molar-refractivity contribution in [3.05, 3.63) is 75.8 Å². The van der Waals surface area contributed by atoms with Gasteiger partial charge in [0.15, 0.2) is 0 Å². The van der Waals surface area contributed by atoms with Crippen LogP contribution in [0.1, 0.15) is 17.2 Å². The van der Waals surface area contributed by atoms with E-state index in [-0.39, 0.29) is 5.69 Å². The quantitative estimate of drug-likeness (QED) is 0.466. The molecule has 22 heavy (non-hydrogen) atoms. The molecule has 2 rings (SSSR count). The molecule has 0 radical (unpaired) electrons. The molecular weight excluding hydrogens is 284 g/mol. The maximum atomic E-state index is 10.9. The van der Waals surface area contributed by atoms with Crippen LogP contribution in [-0.2, 0) is 9.57 Å². The van der Waals surface area contributed by atoms with E-state index >= 15 is 0 Å². The molecule has 0 saturated heterocycles.